The number of benzene rings is 2. The van der Waals surface area contributed by atoms with Gasteiger partial charge in [-0.3, -0.25) is 14.4 Å². The second-order valence-electron chi connectivity index (χ2n) is 6.52. The Morgan fingerprint density at radius 1 is 1.21 bits per heavy atom. The van der Waals surface area contributed by atoms with E-state index in [1.165, 1.54) is 6.92 Å². The first-order chi connectivity index (χ1) is 13.9. The number of aromatic amines is 1. The highest BCUT2D eigenvalue weighted by Gasteiger charge is 2.18. The van der Waals surface area contributed by atoms with Gasteiger partial charge in [0.1, 0.15) is 5.82 Å². The molecule has 0 unspecified atom stereocenters. The molecule has 0 aliphatic rings. The summed E-state index contributed by atoms with van der Waals surface area (Å²) in [6.45, 7) is 1.50. The van der Waals surface area contributed by atoms with Gasteiger partial charge in [0.05, 0.1) is 10.9 Å². The Labute approximate surface area is 172 Å². The summed E-state index contributed by atoms with van der Waals surface area (Å²) in [5, 5.41) is 3.66. The van der Waals surface area contributed by atoms with Crippen molar-refractivity contribution < 1.29 is 14.3 Å². The number of ether oxygens (including phenoxy) is 1. The molecule has 0 aliphatic carbocycles. The van der Waals surface area contributed by atoms with E-state index in [-0.39, 0.29) is 12.0 Å². The minimum atomic E-state index is -0.944. The Hall–Kier alpha value is -3.19. The molecule has 8 heteroatoms. The molecule has 1 aromatic heterocycles. The third-order valence-corrected chi connectivity index (χ3v) is 4.46. The van der Waals surface area contributed by atoms with Gasteiger partial charge in [-0.1, -0.05) is 29.8 Å². The van der Waals surface area contributed by atoms with Crippen molar-refractivity contribution in [3.63, 3.8) is 0 Å². The molecule has 0 aliphatic heterocycles. The van der Waals surface area contributed by atoms with Gasteiger partial charge < -0.3 is 15.0 Å². The Kier molecular flexibility index (Phi) is 6.61. The van der Waals surface area contributed by atoms with E-state index >= 15 is 0 Å². The Morgan fingerprint density at radius 3 is 2.79 bits per heavy atom. The van der Waals surface area contributed by atoms with Crippen LogP contribution in [-0.4, -0.2) is 27.9 Å². The minimum Gasteiger partial charge on any atom is -0.453 e. The number of anilines is 1. The van der Waals surface area contributed by atoms with Crippen molar-refractivity contribution in [3.8, 4) is 0 Å². The summed E-state index contributed by atoms with van der Waals surface area (Å²) in [5.74, 6) is -0.434. The minimum absolute atomic E-state index is 0.103. The maximum Gasteiger partial charge on any atom is 0.306 e. The van der Waals surface area contributed by atoms with Gasteiger partial charge in [-0.15, -0.1) is 0 Å². The van der Waals surface area contributed by atoms with Crippen LogP contribution in [0.2, 0.25) is 5.02 Å². The second-order valence-corrected chi connectivity index (χ2v) is 6.95. The molecular formula is C21H20ClN3O4. The average molecular weight is 414 g/mol. The number of esters is 1. The van der Waals surface area contributed by atoms with Gasteiger partial charge in [-0.2, -0.15) is 0 Å². The highest BCUT2D eigenvalue weighted by Crippen LogP contribution is 2.15. The molecule has 0 fully saturated rings. The molecule has 150 valence electrons. The number of amides is 1. The van der Waals surface area contributed by atoms with Crippen molar-refractivity contribution >= 4 is 40.1 Å². The SMILES string of the molecule is C[C@@H](OC(=O)CCCc1nc2ccccc2c(=O)[nH]1)C(=O)Nc1cccc(Cl)c1. The van der Waals surface area contributed by atoms with E-state index in [4.69, 9.17) is 16.3 Å². The van der Waals surface area contributed by atoms with Gasteiger partial charge in [-0.05, 0) is 43.7 Å². The Balaban J connectivity index is 1.48. The lowest BCUT2D eigenvalue weighted by Crippen LogP contribution is -2.30. The second kappa shape index (κ2) is 9.34. The lowest BCUT2D eigenvalue weighted by Gasteiger charge is -2.13. The van der Waals surface area contributed by atoms with Crippen LogP contribution in [0.3, 0.4) is 0 Å². The van der Waals surface area contributed by atoms with Crippen LogP contribution in [-0.2, 0) is 20.7 Å². The summed E-state index contributed by atoms with van der Waals surface area (Å²) in [4.78, 5) is 43.3. The lowest BCUT2D eigenvalue weighted by molar-refractivity contribution is -0.153. The van der Waals surface area contributed by atoms with Crippen molar-refractivity contribution in [2.75, 3.05) is 5.32 Å². The summed E-state index contributed by atoms with van der Waals surface area (Å²) in [7, 11) is 0. The number of H-pyrrole nitrogens is 1. The molecule has 2 aromatic carbocycles. The maximum absolute atomic E-state index is 12.1. The summed E-state index contributed by atoms with van der Waals surface area (Å²) >= 11 is 5.88. The van der Waals surface area contributed by atoms with Gasteiger partial charge >= 0.3 is 5.97 Å². The number of nitrogens with one attached hydrogen (secondary N) is 2. The summed E-state index contributed by atoms with van der Waals surface area (Å²) in [6, 6.07) is 13.8. The third kappa shape index (κ3) is 5.65. The van der Waals surface area contributed by atoms with Gasteiger partial charge in [0, 0.05) is 23.6 Å². The van der Waals surface area contributed by atoms with E-state index in [1.807, 2.05) is 6.07 Å². The number of hydrogen-bond acceptors (Lipinski definition) is 5. The first-order valence-corrected chi connectivity index (χ1v) is 9.54. The van der Waals surface area contributed by atoms with Crippen LogP contribution in [0.15, 0.2) is 53.3 Å². The molecule has 7 nitrogen and oxygen atoms in total. The zero-order chi connectivity index (χ0) is 20.8. The lowest BCUT2D eigenvalue weighted by atomic mass is 10.2. The number of para-hydroxylation sites is 1. The van der Waals surface area contributed by atoms with Gasteiger partial charge in [-0.25, -0.2) is 4.98 Å². The number of rotatable bonds is 7. The summed E-state index contributed by atoms with van der Waals surface area (Å²) < 4.78 is 5.17. The van der Waals surface area contributed by atoms with Crippen LogP contribution in [0.5, 0.6) is 0 Å². The number of carbonyl (C=O) groups is 2. The molecule has 0 bridgehead atoms. The fraction of sp³-hybridized carbons (Fsp3) is 0.238. The van der Waals surface area contributed by atoms with E-state index in [0.717, 1.165) is 0 Å². The number of fused-ring (bicyclic) bond motifs is 1. The number of halogens is 1. The quantitative estimate of drug-likeness (QED) is 0.577. The number of carbonyl (C=O) groups excluding carboxylic acids is 2. The van der Waals surface area contributed by atoms with Crippen LogP contribution in [0, 0.1) is 0 Å². The number of aromatic nitrogens is 2. The molecule has 29 heavy (non-hydrogen) atoms. The molecule has 3 aromatic rings. The Morgan fingerprint density at radius 2 is 2.00 bits per heavy atom. The number of aryl methyl sites for hydroxylation is 1. The largest absolute Gasteiger partial charge is 0.453 e. The first kappa shape index (κ1) is 20.5. The van der Waals surface area contributed by atoms with Gasteiger partial charge in [0.25, 0.3) is 11.5 Å². The first-order valence-electron chi connectivity index (χ1n) is 9.16. The molecule has 0 radical (unpaired) electrons. The molecule has 1 atom stereocenters. The zero-order valence-electron chi connectivity index (χ0n) is 15.8. The van der Waals surface area contributed by atoms with Crippen LogP contribution in [0.1, 0.15) is 25.6 Å². The predicted molar refractivity (Wildman–Crippen MR) is 111 cm³/mol. The molecule has 3 rings (SSSR count). The van der Waals surface area contributed by atoms with Crippen molar-refractivity contribution in [2.45, 2.75) is 32.3 Å². The summed E-state index contributed by atoms with van der Waals surface area (Å²) in [6.07, 6.45) is 0.00636. The fourth-order valence-corrected chi connectivity index (χ4v) is 2.96. The van der Waals surface area contributed by atoms with Gasteiger partial charge in [0.15, 0.2) is 6.10 Å². The number of hydrogen-bond donors (Lipinski definition) is 2. The van der Waals surface area contributed by atoms with E-state index in [9.17, 15) is 14.4 Å². The highest BCUT2D eigenvalue weighted by atomic mass is 35.5. The van der Waals surface area contributed by atoms with Crippen molar-refractivity contribution in [3.05, 3.63) is 69.7 Å². The van der Waals surface area contributed by atoms with E-state index in [0.29, 0.717) is 40.3 Å². The normalized spacial score (nSPS) is 11.8. The van der Waals surface area contributed by atoms with Crippen LogP contribution in [0.25, 0.3) is 10.9 Å². The molecule has 1 amide bonds. The molecule has 0 saturated carbocycles. The maximum atomic E-state index is 12.1. The monoisotopic (exact) mass is 413 g/mol. The van der Waals surface area contributed by atoms with E-state index in [2.05, 4.69) is 15.3 Å². The number of nitrogens with zero attached hydrogens (tertiary/aromatic N) is 1. The highest BCUT2D eigenvalue weighted by molar-refractivity contribution is 6.30. The third-order valence-electron chi connectivity index (χ3n) is 4.23. The fourth-order valence-electron chi connectivity index (χ4n) is 2.77. The van der Waals surface area contributed by atoms with Gasteiger partial charge in [0.2, 0.25) is 0 Å². The molecular weight excluding hydrogens is 394 g/mol. The van der Waals surface area contributed by atoms with Crippen LogP contribution >= 0.6 is 11.6 Å². The van der Waals surface area contributed by atoms with Crippen LogP contribution < -0.4 is 10.9 Å². The van der Waals surface area contributed by atoms with Crippen molar-refractivity contribution in [2.24, 2.45) is 0 Å². The molecule has 0 spiro atoms. The Bertz CT molecular complexity index is 1100. The average Bonchev–Trinajstić information content (AvgIpc) is 2.68. The topological polar surface area (TPSA) is 101 Å². The smallest absolute Gasteiger partial charge is 0.306 e. The molecule has 2 N–H and O–H groups in total. The summed E-state index contributed by atoms with van der Waals surface area (Å²) in [5.41, 5.74) is 0.927. The van der Waals surface area contributed by atoms with Crippen LogP contribution in [0.4, 0.5) is 5.69 Å². The molecule has 1 heterocycles. The predicted octanol–water partition coefficient (Wildman–Crippen LogP) is 3.47. The van der Waals surface area contributed by atoms with Crippen molar-refractivity contribution in [1.29, 1.82) is 0 Å². The standard InChI is InChI=1S/C21H20ClN3O4/c1-13(20(27)23-15-7-4-6-14(22)12-15)29-19(26)11-5-10-18-24-17-9-3-2-8-16(17)21(28)25-18/h2-4,6-9,12-13H,5,10-11H2,1H3,(H,23,27)(H,24,25,28)/t13-/m1/s1. The van der Waals surface area contributed by atoms with Crippen molar-refractivity contribution in [1.82, 2.24) is 9.97 Å². The molecule has 0 saturated heterocycles. The zero-order valence-corrected chi connectivity index (χ0v) is 16.5. The van der Waals surface area contributed by atoms with E-state index < -0.39 is 18.0 Å². The van der Waals surface area contributed by atoms with E-state index in [1.54, 1.807) is 42.5 Å².